The molecule has 33 heavy (non-hydrogen) atoms. The normalized spacial score (nSPS) is 15.7. The van der Waals surface area contributed by atoms with E-state index in [0.717, 1.165) is 41.6 Å². The van der Waals surface area contributed by atoms with E-state index < -0.39 is 0 Å². The molecule has 0 saturated carbocycles. The zero-order valence-electron chi connectivity index (χ0n) is 17.8. The van der Waals surface area contributed by atoms with E-state index in [1.54, 1.807) is 18.3 Å². The molecule has 168 valence electrons. The van der Waals surface area contributed by atoms with Gasteiger partial charge in [0.15, 0.2) is 11.0 Å². The van der Waals surface area contributed by atoms with Crippen LogP contribution in [0.5, 0.6) is 0 Å². The second kappa shape index (κ2) is 9.68. The van der Waals surface area contributed by atoms with Crippen molar-refractivity contribution in [1.82, 2.24) is 19.7 Å². The number of aromatic nitrogens is 4. The number of pyridine rings is 1. The molecule has 5 rings (SSSR count). The first-order valence-electron chi connectivity index (χ1n) is 10.7. The summed E-state index contributed by atoms with van der Waals surface area (Å²) in [7, 11) is 0. The molecular weight excluding hydrogens is 441 g/mol. The number of benzene rings is 2. The molecule has 7 nitrogen and oxygen atoms in total. The zero-order valence-corrected chi connectivity index (χ0v) is 18.6. The Morgan fingerprint density at radius 2 is 2.03 bits per heavy atom. The molecule has 0 unspecified atom stereocenters. The molecule has 4 aromatic rings. The van der Waals surface area contributed by atoms with Crippen LogP contribution >= 0.6 is 11.8 Å². The summed E-state index contributed by atoms with van der Waals surface area (Å²) in [5.41, 5.74) is 2.31. The summed E-state index contributed by atoms with van der Waals surface area (Å²) in [4.78, 5) is 17.1. The molecular formula is C24H22FN5O2S. The van der Waals surface area contributed by atoms with Crippen molar-refractivity contribution in [2.45, 2.75) is 30.6 Å². The van der Waals surface area contributed by atoms with Crippen molar-refractivity contribution in [3.63, 3.8) is 0 Å². The number of anilines is 1. The first-order chi connectivity index (χ1) is 16.2. The Balaban J connectivity index is 1.34. The number of thioether (sulfide) groups is 1. The van der Waals surface area contributed by atoms with Crippen LogP contribution in [0.25, 0.3) is 22.3 Å². The number of carbonyl (C=O) groups excluding carboxylic acids is 1. The lowest BCUT2D eigenvalue weighted by molar-refractivity contribution is -0.113. The van der Waals surface area contributed by atoms with E-state index in [9.17, 15) is 9.18 Å². The highest BCUT2D eigenvalue weighted by Gasteiger charge is 2.22. The maximum absolute atomic E-state index is 13.4. The van der Waals surface area contributed by atoms with Crippen LogP contribution in [-0.4, -0.2) is 44.1 Å². The highest BCUT2D eigenvalue weighted by atomic mass is 32.2. The highest BCUT2D eigenvalue weighted by molar-refractivity contribution is 7.99. The largest absolute Gasteiger partial charge is 0.376 e. The number of ether oxygens (including phenoxy) is 1. The van der Waals surface area contributed by atoms with Crippen molar-refractivity contribution in [1.29, 1.82) is 0 Å². The summed E-state index contributed by atoms with van der Waals surface area (Å²) in [5, 5.41) is 13.1. The van der Waals surface area contributed by atoms with E-state index in [0.29, 0.717) is 17.5 Å². The van der Waals surface area contributed by atoms with Gasteiger partial charge >= 0.3 is 0 Å². The molecule has 1 amide bonds. The number of hydrogen-bond donors (Lipinski definition) is 1. The quantitative estimate of drug-likeness (QED) is 0.405. The maximum Gasteiger partial charge on any atom is 0.234 e. The summed E-state index contributed by atoms with van der Waals surface area (Å²) in [6, 6.07) is 15.6. The van der Waals surface area contributed by atoms with Crippen LogP contribution in [0, 0.1) is 5.82 Å². The third-order valence-corrected chi connectivity index (χ3v) is 6.45. The van der Waals surface area contributed by atoms with Crippen LogP contribution in [0.1, 0.15) is 12.8 Å². The van der Waals surface area contributed by atoms with E-state index in [1.165, 1.54) is 23.9 Å². The number of fused-ring (bicyclic) bond motifs is 1. The van der Waals surface area contributed by atoms with Crippen molar-refractivity contribution >= 4 is 34.3 Å². The molecule has 1 aliphatic rings. The van der Waals surface area contributed by atoms with Crippen molar-refractivity contribution in [2.75, 3.05) is 17.7 Å². The molecule has 9 heteroatoms. The van der Waals surface area contributed by atoms with E-state index in [4.69, 9.17) is 4.74 Å². The van der Waals surface area contributed by atoms with Gasteiger partial charge in [-0.15, -0.1) is 10.2 Å². The lowest BCUT2D eigenvalue weighted by atomic mass is 10.2. The van der Waals surface area contributed by atoms with Gasteiger partial charge in [0, 0.05) is 23.8 Å². The van der Waals surface area contributed by atoms with Gasteiger partial charge in [0.2, 0.25) is 5.91 Å². The molecule has 3 heterocycles. The first kappa shape index (κ1) is 21.5. The van der Waals surface area contributed by atoms with Crippen molar-refractivity contribution in [2.24, 2.45) is 0 Å². The molecule has 0 bridgehead atoms. The number of hydrogen-bond acceptors (Lipinski definition) is 6. The molecule has 1 fully saturated rings. The smallest absolute Gasteiger partial charge is 0.234 e. The molecule has 0 radical (unpaired) electrons. The predicted octanol–water partition coefficient (Wildman–Crippen LogP) is 4.54. The number of rotatable bonds is 7. The molecule has 2 aromatic heterocycles. The second-order valence-corrected chi connectivity index (χ2v) is 8.71. The summed E-state index contributed by atoms with van der Waals surface area (Å²) >= 11 is 1.31. The monoisotopic (exact) mass is 463 g/mol. The average Bonchev–Trinajstić information content (AvgIpc) is 3.49. The molecule has 1 N–H and O–H groups in total. The minimum atomic E-state index is -0.307. The summed E-state index contributed by atoms with van der Waals surface area (Å²) in [5.74, 6) is 0.350. The molecule has 1 atom stereocenters. The number of halogens is 1. The lowest BCUT2D eigenvalue weighted by Gasteiger charge is -2.15. The summed E-state index contributed by atoms with van der Waals surface area (Å²) in [6.07, 6.45) is 3.77. The van der Waals surface area contributed by atoms with Gasteiger partial charge in [-0.2, -0.15) is 0 Å². The van der Waals surface area contributed by atoms with Crippen LogP contribution in [0.4, 0.5) is 10.1 Å². The van der Waals surface area contributed by atoms with Crippen molar-refractivity contribution < 1.29 is 13.9 Å². The Labute approximate surface area is 194 Å². The fourth-order valence-corrected chi connectivity index (χ4v) is 4.64. The molecule has 2 aromatic carbocycles. The third kappa shape index (κ3) is 4.89. The van der Waals surface area contributed by atoms with E-state index in [1.807, 2.05) is 34.9 Å². The van der Waals surface area contributed by atoms with Gasteiger partial charge < -0.3 is 10.1 Å². The SMILES string of the molecule is O=C(CSc1nnc(-c2ccc(F)cc2)n1C[C@@H]1CCCO1)Nc1cccc2ncccc12. The van der Waals surface area contributed by atoms with Gasteiger partial charge in [-0.3, -0.25) is 14.3 Å². The molecule has 0 spiro atoms. The average molecular weight is 464 g/mol. The van der Waals surface area contributed by atoms with E-state index >= 15 is 0 Å². The van der Waals surface area contributed by atoms with Crippen LogP contribution in [0.15, 0.2) is 66.0 Å². The van der Waals surface area contributed by atoms with Crippen molar-refractivity contribution in [3.05, 3.63) is 66.6 Å². The van der Waals surface area contributed by atoms with E-state index in [2.05, 4.69) is 20.5 Å². The predicted molar refractivity (Wildman–Crippen MR) is 125 cm³/mol. The minimum Gasteiger partial charge on any atom is -0.376 e. The van der Waals surface area contributed by atoms with Gasteiger partial charge in [-0.05, 0) is 61.4 Å². The van der Waals surface area contributed by atoms with Crippen LogP contribution in [-0.2, 0) is 16.1 Å². The third-order valence-electron chi connectivity index (χ3n) is 5.48. The Kier molecular flexibility index (Phi) is 6.32. The van der Waals surface area contributed by atoms with E-state index in [-0.39, 0.29) is 23.6 Å². The molecule has 1 saturated heterocycles. The zero-order chi connectivity index (χ0) is 22.6. The first-order valence-corrected chi connectivity index (χ1v) is 11.7. The standard InChI is InChI=1S/C24H22FN5O2S/c25-17-10-8-16(9-11-17)23-28-29-24(30(23)14-18-4-3-13-32-18)33-15-22(31)27-21-7-1-6-20-19(21)5-2-12-26-20/h1-2,5-12,18H,3-4,13-15H2,(H,27,31)/t18-/m0/s1. The fraction of sp³-hybridized carbons (Fsp3) is 0.250. The minimum absolute atomic E-state index is 0.0663. The van der Waals surface area contributed by atoms with Gasteiger partial charge in [0.05, 0.1) is 29.6 Å². The van der Waals surface area contributed by atoms with Crippen LogP contribution < -0.4 is 5.32 Å². The number of nitrogens with one attached hydrogen (secondary N) is 1. The molecule has 1 aliphatic heterocycles. The Bertz CT molecular complexity index is 1270. The topological polar surface area (TPSA) is 81.9 Å². The van der Waals surface area contributed by atoms with Gasteiger partial charge in [-0.25, -0.2) is 4.39 Å². The maximum atomic E-state index is 13.4. The summed E-state index contributed by atoms with van der Waals surface area (Å²) < 4.78 is 21.2. The Morgan fingerprint density at radius 1 is 1.15 bits per heavy atom. The lowest BCUT2D eigenvalue weighted by Crippen LogP contribution is -2.18. The number of nitrogens with zero attached hydrogens (tertiary/aromatic N) is 4. The number of carbonyl (C=O) groups is 1. The van der Waals surface area contributed by atoms with Gasteiger partial charge in [0.1, 0.15) is 5.82 Å². The number of amides is 1. The van der Waals surface area contributed by atoms with Gasteiger partial charge in [0.25, 0.3) is 0 Å². The Hall–Kier alpha value is -3.30. The van der Waals surface area contributed by atoms with Crippen molar-refractivity contribution in [3.8, 4) is 11.4 Å². The Morgan fingerprint density at radius 3 is 2.85 bits per heavy atom. The highest BCUT2D eigenvalue weighted by Crippen LogP contribution is 2.27. The summed E-state index contributed by atoms with van der Waals surface area (Å²) in [6.45, 7) is 1.32. The fourth-order valence-electron chi connectivity index (χ4n) is 3.89. The van der Waals surface area contributed by atoms with Crippen LogP contribution in [0.2, 0.25) is 0 Å². The molecule has 0 aliphatic carbocycles. The second-order valence-electron chi connectivity index (χ2n) is 7.77. The van der Waals surface area contributed by atoms with Crippen LogP contribution in [0.3, 0.4) is 0 Å². The van der Waals surface area contributed by atoms with Gasteiger partial charge in [-0.1, -0.05) is 17.8 Å².